The third kappa shape index (κ3) is 3.43. The van der Waals surface area contributed by atoms with Gasteiger partial charge < -0.3 is 25.5 Å². The number of hydrogen-bond acceptors (Lipinski definition) is 4. The quantitative estimate of drug-likeness (QED) is 0.624. The van der Waals surface area contributed by atoms with Crippen LogP contribution in [0.5, 0.6) is 0 Å². The Bertz CT molecular complexity index is 819. The van der Waals surface area contributed by atoms with E-state index in [2.05, 4.69) is 15.6 Å². The molecule has 0 saturated carbocycles. The van der Waals surface area contributed by atoms with Gasteiger partial charge in [0.15, 0.2) is 0 Å². The van der Waals surface area contributed by atoms with Gasteiger partial charge in [-0.1, -0.05) is 11.6 Å². The van der Waals surface area contributed by atoms with Crippen LogP contribution in [0.25, 0.3) is 10.9 Å². The lowest BCUT2D eigenvalue weighted by atomic mass is 10.0. The average molecular weight is 352 g/mol. The van der Waals surface area contributed by atoms with Crippen molar-refractivity contribution in [1.29, 1.82) is 0 Å². The number of aromatic amines is 1. The molecule has 1 aromatic heterocycles. The number of aromatic nitrogens is 1. The monoisotopic (exact) mass is 351 g/mol. The lowest BCUT2D eigenvalue weighted by Gasteiger charge is -2.30. The molecule has 8 nitrogen and oxygen atoms in total. The molecule has 1 fully saturated rings. The molecule has 126 valence electrons. The number of esters is 1. The molecule has 1 aromatic carbocycles. The lowest BCUT2D eigenvalue weighted by molar-refractivity contribution is -0.149. The van der Waals surface area contributed by atoms with Gasteiger partial charge in [0.05, 0.1) is 18.5 Å². The third-order valence-corrected chi connectivity index (χ3v) is 3.98. The van der Waals surface area contributed by atoms with Gasteiger partial charge in [-0.2, -0.15) is 0 Å². The summed E-state index contributed by atoms with van der Waals surface area (Å²) < 4.78 is 4.83. The molecule has 2 amide bonds. The van der Waals surface area contributed by atoms with Crippen molar-refractivity contribution in [3.63, 3.8) is 0 Å². The highest BCUT2D eigenvalue weighted by Crippen LogP contribution is 2.20. The fourth-order valence-electron chi connectivity index (χ4n) is 2.60. The van der Waals surface area contributed by atoms with E-state index in [9.17, 15) is 14.4 Å². The number of ether oxygens (including phenoxy) is 1. The van der Waals surface area contributed by atoms with Crippen LogP contribution in [0.15, 0.2) is 24.3 Å². The van der Waals surface area contributed by atoms with Crippen LogP contribution in [0, 0.1) is 0 Å². The first-order valence-electron chi connectivity index (χ1n) is 7.16. The molecule has 0 radical (unpaired) electrons. The molecular weight excluding hydrogens is 338 g/mol. The van der Waals surface area contributed by atoms with Crippen LogP contribution in [0.3, 0.4) is 0 Å². The van der Waals surface area contributed by atoms with Crippen molar-refractivity contribution in [2.24, 2.45) is 0 Å². The minimum absolute atomic E-state index is 0.108. The van der Waals surface area contributed by atoms with Crippen LogP contribution in [0.4, 0.5) is 4.79 Å². The van der Waals surface area contributed by atoms with Crippen molar-refractivity contribution in [3.05, 3.63) is 35.0 Å². The van der Waals surface area contributed by atoms with Gasteiger partial charge in [-0.15, -0.1) is 0 Å². The van der Waals surface area contributed by atoms with Gasteiger partial charge in [0.25, 0.3) is 5.91 Å². The average Bonchev–Trinajstić information content (AvgIpc) is 2.92. The van der Waals surface area contributed by atoms with Crippen molar-refractivity contribution in [3.8, 4) is 0 Å². The normalized spacial score (nSPS) is 20.5. The minimum atomic E-state index is -1.25. The predicted molar refractivity (Wildman–Crippen MR) is 85.1 cm³/mol. The van der Waals surface area contributed by atoms with Gasteiger partial charge in [0.1, 0.15) is 12.3 Å². The lowest BCUT2D eigenvalue weighted by Crippen LogP contribution is -2.57. The second kappa shape index (κ2) is 6.40. The molecule has 2 atom stereocenters. The van der Waals surface area contributed by atoms with E-state index in [1.165, 1.54) is 0 Å². The number of nitrogens with one attached hydrogen (secondary N) is 3. The Morgan fingerprint density at radius 3 is 2.79 bits per heavy atom. The molecule has 9 heteroatoms. The highest BCUT2D eigenvalue weighted by Gasteiger charge is 2.33. The minimum Gasteiger partial charge on any atom is -0.465 e. The highest BCUT2D eigenvalue weighted by molar-refractivity contribution is 6.31. The zero-order chi connectivity index (χ0) is 17.3. The Hall–Kier alpha value is -2.74. The summed E-state index contributed by atoms with van der Waals surface area (Å²) in [4.78, 5) is 37.6. The SMILES string of the molecule is O=C(O)N[C@H]1COC(=O)C[C@H]1NC(=O)c1cc2cc(Cl)ccc2[nH]1. The van der Waals surface area contributed by atoms with E-state index >= 15 is 0 Å². The summed E-state index contributed by atoms with van der Waals surface area (Å²) in [6, 6.07) is 5.41. The van der Waals surface area contributed by atoms with Crippen LogP contribution in [-0.2, 0) is 9.53 Å². The first-order chi connectivity index (χ1) is 11.4. The number of amides is 2. The first-order valence-corrected chi connectivity index (χ1v) is 7.54. The van der Waals surface area contributed by atoms with E-state index in [4.69, 9.17) is 21.4 Å². The number of benzene rings is 1. The Morgan fingerprint density at radius 1 is 1.25 bits per heavy atom. The Kier molecular flexibility index (Phi) is 4.30. The van der Waals surface area contributed by atoms with E-state index < -0.39 is 30.1 Å². The fourth-order valence-corrected chi connectivity index (χ4v) is 2.78. The van der Waals surface area contributed by atoms with E-state index in [1.807, 2.05) is 0 Å². The van der Waals surface area contributed by atoms with Gasteiger partial charge in [0.2, 0.25) is 0 Å². The number of carboxylic acid groups (broad SMARTS) is 1. The number of hydrogen-bond donors (Lipinski definition) is 4. The zero-order valence-corrected chi connectivity index (χ0v) is 13.1. The van der Waals surface area contributed by atoms with E-state index in [1.54, 1.807) is 24.3 Å². The van der Waals surface area contributed by atoms with Gasteiger partial charge in [-0.05, 0) is 24.3 Å². The van der Waals surface area contributed by atoms with Gasteiger partial charge >= 0.3 is 12.1 Å². The van der Waals surface area contributed by atoms with Gasteiger partial charge in [-0.25, -0.2) is 4.79 Å². The summed E-state index contributed by atoms with van der Waals surface area (Å²) in [5.74, 6) is -0.939. The maximum atomic E-state index is 12.4. The summed E-state index contributed by atoms with van der Waals surface area (Å²) in [6.07, 6.45) is -1.36. The molecule has 4 N–H and O–H groups in total. The molecule has 0 bridgehead atoms. The van der Waals surface area contributed by atoms with Crippen LogP contribution in [-0.4, -0.2) is 46.8 Å². The summed E-state index contributed by atoms with van der Waals surface area (Å²) in [5.41, 5.74) is 1.04. The molecule has 1 saturated heterocycles. The van der Waals surface area contributed by atoms with Crippen LogP contribution >= 0.6 is 11.6 Å². The topological polar surface area (TPSA) is 121 Å². The first kappa shape index (κ1) is 16.1. The number of H-pyrrole nitrogens is 1. The van der Waals surface area contributed by atoms with E-state index in [-0.39, 0.29) is 13.0 Å². The maximum absolute atomic E-state index is 12.4. The van der Waals surface area contributed by atoms with Crippen LogP contribution in [0.2, 0.25) is 5.02 Å². The van der Waals surface area contributed by atoms with Crippen molar-refractivity contribution in [1.82, 2.24) is 15.6 Å². The summed E-state index contributed by atoms with van der Waals surface area (Å²) >= 11 is 5.92. The van der Waals surface area contributed by atoms with Gasteiger partial charge in [-0.3, -0.25) is 9.59 Å². The molecule has 1 aliphatic rings. The summed E-state index contributed by atoms with van der Waals surface area (Å²) in [5, 5.41) is 15.1. The van der Waals surface area contributed by atoms with E-state index in [0.29, 0.717) is 10.7 Å². The number of carbonyl (C=O) groups excluding carboxylic acids is 2. The van der Waals surface area contributed by atoms with Crippen molar-refractivity contribution < 1.29 is 24.2 Å². The summed E-state index contributed by atoms with van der Waals surface area (Å²) in [7, 11) is 0. The van der Waals surface area contributed by atoms with Crippen molar-refractivity contribution in [2.45, 2.75) is 18.5 Å². The molecule has 0 aliphatic carbocycles. The fraction of sp³-hybridized carbons (Fsp3) is 0.267. The van der Waals surface area contributed by atoms with Crippen LogP contribution in [0.1, 0.15) is 16.9 Å². The molecule has 0 unspecified atom stereocenters. The van der Waals surface area contributed by atoms with Crippen molar-refractivity contribution >= 4 is 40.5 Å². The molecular formula is C15H14ClN3O5. The maximum Gasteiger partial charge on any atom is 0.405 e. The molecule has 2 aromatic rings. The second-order valence-corrected chi connectivity index (χ2v) is 5.87. The number of halogens is 1. The molecule has 24 heavy (non-hydrogen) atoms. The number of rotatable bonds is 3. The third-order valence-electron chi connectivity index (χ3n) is 3.75. The Balaban J connectivity index is 1.77. The largest absolute Gasteiger partial charge is 0.465 e. The molecule has 1 aliphatic heterocycles. The number of fused-ring (bicyclic) bond motifs is 1. The predicted octanol–water partition coefficient (Wildman–Crippen LogP) is 1.50. The molecule has 2 heterocycles. The molecule has 0 spiro atoms. The standard InChI is InChI=1S/C15H14ClN3O5/c16-8-1-2-9-7(3-8)4-11(17-9)14(21)18-10-5-13(20)24-6-12(10)19-15(22)23/h1-4,10,12,17,19H,5-6H2,(H,18,21)(H,22,23)/t10-,12+/m1/s1. The second-order valence-electron chi connectivity index (χ2n) is 5.44. The van der Waals surface area contributed by atoms with Crippen LogP contribution < -0.4 is 10.6 Å². The smallest absolute Gasteiger partial charge is 0.405 e. The Morgan fingerprint density at radius 2 is 2.04 bits per heavy atom. The van der Waals surface area contributed by atoms with Crippen molar-refractivity contribution in [2.75, 3.05) is 6.61 Å². The van der Waals surface area contributed by atoms with E-state index in [0.717, 1.165) is 10.9 Å². The highest BCUT2D eigenvalue weighted by atomic mass is 35.5. The summed E-state index contributed by atoms with van der Waals surface area (Å²) in [6.45, 7) is -0.127. The number of cyclic esters (lactones) is 1. The zero-order valence-electron chi connectivity index (χ0n) is 12.3. The molecule has 3 rings (SSSR count). The Labute approximate surface area is 141 Å². The number of carbonyl (C=O) groups is 3. The van der Waals surface area contributed by atoms with Gasteiger partial charge in [0, 0.05) is 15.9 Å².